The van der Waals surface area contributed by atoms with Gasteiger partial charge in [-0.05, 0) is 40.2 Å². The van der Waals surface area contributed by atoms with E-state index in [0.29, 0.717) is 0 Å². The second-order valence-corrected chi connectivity index (χ2v) is 6.83. The minimum absolute atomic E-state index is 0.273. The summed E-state index contributed by atoms with van der Waals surface area (Å²) >= 11 is 0. The molecule has 0 aromatic rings. The number of hydrogen-bond donors (Lipinski definition) is 0. The molecular weight excluding hydrogens is 239 g/mol. The van der Waals surface area contributed by atoms with Crippen molar-refractivity contribution in [2.45, 2.75) is 38.9 Å². The highest BCUT2D eigenvalue weighted by molar-refractivity contribution is 6.54. The number of rotatable bonds is 3. The van der Waals surface area contributed by atoms with Crippen LogP contribution in [0.4, 0.5) is 0 Å². The number of nitrogens with zero attached hydrogens (tertiary/aromatic N) is 2. The fraction of sp³-hybridized carbons (Fsp3) is 0.857. The molecule has 0 bridgehead atoms. The van der Waals surface area contributed by atoms with Crippen LogP contribution in [0.25, 0.3) is 0 Å². The van der Waals surface area contributed by atoms with E-state index >= 15 is 0 Å². The van der Waals surface area contributed by atoms with Crippen LogP contribution in [0.15, 0.2) is 12.1 Å². The second-order valence-electron chi connectivity index (χ2n) is 6.83. The summed E-state index contributed by atoms with van der Waals surface area (Å²) in [5.41, 5.74) is 0.481. The topological polar surface area (TPSA) is 24.9 Å². The van der Waals surface area contributed by atoms with Gasteiger partial charge in [0.1, 0.15) is 0 Å². The van der Waals surface area contributed by atoms with Crippen molar-refractivity contribution >= 4 is 7.12 Å². The number of likely N-dealkylation sites (N-methyl/N-ethyl adjacent to an activating group) is 1. The molecule has 2 fully saturated rings. The molecule has 0 unspecified atom stereocenters. The Kier molecular flexibility index (Phi) is 4.12. The Labute approximate surface area is 117 Å². The van der Waals surface area contributed by atoms with E-state index in [-0.39, 0.29) is 18.3 Å². The van der Waals surface area contributed by atoms with Gasteiger partial charge in [0.2, 0.25) is 0 Å². The molecule has 2 saturated heterocycles. The van der Waals surface area contributed by atoms with E-state index in [1.165, 1.54) is 0 Å². The average Bonchev–Trinajstić information content (AvgIpc) is 2.51. The van der Waals surface area contributed by atoms with Gasteiger partial charge in [-0.3, -0.25) is 4.90 Å². The van der Waals surface area contributed by atoms with Crippen LogP contribution in [0.5, 0.6) is 0 Å². The zero-order chi connectivity index (χ0) is 14.3. The third-order valence-electron chi connectivity index (χ3n) is 4.61. The lowest BCUT2D eigenvalue weighted by Crippen LogP contribution is -2.46. The average molecular weight is 266 g/mol. The number of piperazine rings is 1. The molecular formula is C14H27BN2O2. The SMILES string of the molecule is C=C(CN1CCN(C)CC1)B1OC(C)(C)C(C)(C)O1. The second kappa shape index (κ2) is 5.21. The molecule has 0 radical (unpaired) electrons. The summed E-state index contributed by atoms with van der Waals surface area (Å²) in [6, 6.07) is 0. The highest BCUT2D eigenvalue weighted by Crippen LogP contribution is 2.38. The third kappa shape index (κ3) is 3.22. The summed E-state index contributed by atoms with van der Waals surface area (Å²) in [6.45, 7) is 17.8. The van der Waals surface area contributed by atoms with Crippen molar-refractivity contribution in [3.63, 3.8) is 0 Å². The van der Waals surface area contributed by atoms with Gasteiger partial charge < -0.3 is 14.2 Å². The van der Waals surface area contributed by atoms with Crippen molar-refractivity contribution in [1.82, 2.24) is 9.80 Å². The fourth-order valence-electron chi connectivity index (χ4n) is 2.38. The molecule has 0 aromatic heterocycles. The first kappa shape index (κ1) is 15.0. The lowest BCUT2D eigenvalue weighted by atomic mass is 9.79. The van der Waals surface area contributed by atoms with Gasteiger partial charge in [0, 0.05) is 32.7 Å². The standard InChI is InChI=1S/C14H27BN2O2/c1-12(11-17-9-7-16(6)8-10-17)15-18-13(2,3)14(4,5)19-15/h1,7-11H2,2-6H3. The van der Waals surface area contributed by atoms with Gasteiger partial charge >= 0.3 is 7.12 Å². The molecule has 0 atom stereocenters. The zero-order valence-electron chi connectivity index (χ0n) is 13.0. The van der Waals surface area contributed by atoms with Crippen molar-refractivity contribution in [1.29, 1.82) is 0 Å². The summed E-state index contributed by atoms with van der Waals surface area (Å²) in [6.07, 6.45) is 0. The van der Waals surface area contributed by atoms with Crippen LogP contribution >= 0.6 is 0 Å². The summed E-state index contributed by atoms with van der Waals surface area (Å²) in [5.74, 6) is 0. The van der Waals surface area contributed by atoms with Crippen molar-refractivity contribution in [2.75, 3.05) is 39.8 Å². The van der Waals surface area contributed by atoms with Crippen LogP contribution < -0.4 is 0 Å². The molecule has 2 aliphatic rings. The summed E-state index contributed by atoms with van der Waals surface area (Å²) in [7, 11) is 1.89. The molecule has 0 aromatic carbocycles. The molecule has 2 aliphatic heterocycles. The van der Waals surface area contributed by atoms with Gasteiger partial charge in [0.15, 0.2) is 0 Å². The van der Waals surface area contributed by atoms with Gasteiger partial charge in [0.25, 0.3) is 0 Å². The van der Waals surface area contributed by atoms with E-state index in [0.717, 1.165) is 38.2 Å². The van der Waals surface area contributed by atoms with Crippen LogP contribution in [0.3, 0.4) is 0 Å². The molecule has 5 heteroatoms. The molecule has 2 heterocycles. The van der Waals surface area contributed by atoms with Crippen LogP contribution in [-0.4, -0.2) is 67.9 Å². The van der Waals surface area contributed by atoms with Crippen LogP contribution in [-0.2, 0) is 9.31 Å². The quantitative estimate of drug-likeness (QED) is 0.721. The minimum atomic E-state index is -0.275. The van der Waals surface area contributed by atoms with Crippen molar-refractivity contribution in [2.24, 2.45) is 0 Å². The summed E-state index contributed by atoms with van der Waals surface area (Å²) < 4.78 is 12.1. The number of hydrogen-bond acceptors (Lipinski definition) is 4. The van der Waals surface area contributed by atoms with Gasteiger partial charge in [-0.1, -0.05) is 0 Å². The van der Waals surface area contributed by atoms with Crippen molar-refractivity contribution in [3.8, 4) is 0 Å². The van der Waals surface area contributed by atoms with E-state index in [9.17, 15) is 0 Å². The summed E-state index contributed by atoms with van der Waals surface area (Å²) in [5, 5.41) is 0. The monoisotopic (exact) mass is 266 g/mol. The van der Waals surface area contributed by atoms with Gasteiger partial charge in [-0.15, -0.1) is 6.58 Å². The predicted molar refractivity (Wildman–Crippen MR) is 79.2 cm³/mol. The fourth-order valence-corrected chi connectivity index (χ4v) is 2.38. The maximum Gasteiger partial charge on any atom is 0.491 e. The minimum Gasteiger partial charge on any atom is -0.400 e. The Balaban J connectivity index is 1.88. The first-order valence-electron chi connectivity index (χ1n) is 7.15. The normalized spacial score (nSPS) is 27.7. The van der Waals surface area contributed by atoms with E-state index < -0.39 is 0 Å². The molecule has 19 heavy (non-hydrogen) atoms. The molecule has 0 spiro atoms. The Bertz CT molecular complexity index is 333. The first-order chi connectivity index (χ1) is 8.71. The van der Waals surface area contributed by atoms with E-state index in [1.807, 2.05) is 0 Å². The Morgan fingerprint density at radius 3 is 2.00 bits per heavy atom. The van der Waals surface area contributed by atoms with Gasteiger partial charge in [-0.25, -0.2) is 0 Å². The maximum atomic E-state index is 6.03. The molecule has 108 valence electrons. The van der Waals surface area contributed by atoms with E-state index in [4.69, 9.17) is 9.31 Å². The van der Waals surface area contributed by atoms with Crippen LogP contribution in [0.1, 0.15) is 27.7 Å². The highest BCUT2D eigenvalue weighted by atomic mass is 16.7. The van der Waals surface area contributed by atoms with Crippen molar-refractivity contribution in [3.05, 3.63) is 12.1 Å². The zero-order valence-corrected chi connectivity index (χ0v) is 13.0. The largest absolute Gasteiger partial charge is 0.491 e. The Morgan fingerprint density at radius 1 is 1.05 bits per heavy atom. The highest BCUT2D eigenvalue weighted by Gasteiger charge is 2.52. The summed E-state index contributed by atoms with van der Waals surface area (Å²) in [4.78, 5) is 4.78. The first-order valence-corrected chi connectivity index (χ1v) is 7.15. The van der Waals surface area contributed by atoms with Crippen LogP contribution in [0.2, 0.25) is 0 Å². The Morgan fingerprint density at radius 2 is 1.53 bits per heavy atom. The molecule has 0 N–H and O–H groups in total. The lowest BCUT2D eigenvalue weighted by molar-refractivity contribution is 0.00578. The lowest BCUT2D eigenvalue weighted by Gasteiger charge is -2.33. The predicted octanol–water partition coefficient (Wildman–Crippen LogP) is 1.42. The molecule has 0 aliphatic carbocycles. The van der Waals surface area contributed by atoms with Gasteiger partial charge in [-0.2, -0.15) is 0 Å². The van der Waals surface area contributed by atoms with E-state index in [1.54, 1.807) is 0 Å². The maximum absolute atomic E-state index is 6.03. The molecule has 2 rings (SSSR count). The van der Waals surface area contributed by atoms with Gasteiger partial charge in [0.05, 0.1) is 11.2 Å². The molecule has 4 nitrogen and oxygen atoms in total. The van der Waals surface area contributed by atoms with Crippen LogP contribution in [0, 0.1) is 0 Å². The smallest absolute Gasteiger partial charge is 0.400 e. The third-order valence-corrected chi connectivity index (χ3v) is 4.61. The Hall–Kier alpha value is -0.355. The molecule has 0 saturated carbocycles. The van der Waals surface area contributed by atoms with Crippen molar-refractivity contribution < 1.29 is 9.31 Å². The molecule has 0 amide bonds. The van der Waals surface area contributed by atoms with E-state index in [2.05, 4.69) is 51.1 Å².